The monoisotopic (exact) mass is 271 g/mol. The molecule has 4 heteroatoms. The number of hydrogen-bond donors (Lipinski definition) is 2. The Hall–Kier alpha value is -0.160. The lowest BCUT2D eigenvalue weighted by Gasteiger charge is -2.29. The average Bonchev–Trinajstić information content (AvgIpc) is 3.06. The Morgan fingerprint density at radius 2 is 2.16 bits per heavy atom. The van der Waals surface area contributed by atoms with Crippen LogP contribution in [-0.2, 0) is 9.47 Å². The van der Waals surface area contributed by atoms with Crippen LogP contribution in [0.3, 0.4) is 0 Å². The van der Waals surface area contributed by atoms with Gasteiger partial charge in [0, 0.05) is 24.8 Å². The van der Waals surface area contributed by atoms with Gasteiger partial charge in [0.25, 0.3) is 0 Å². The SMILES string of the molecule is CC(CO)(CCCCOCC1CCCO1)NC1CC1. The smallest absolute Gasteiger partial charge is 0.0809 e. The Morgan fingerprint density at radius 3 is 2.79 bits per heavy atom. The predicted octanol–water partition coefficient (Wildman–Crippen LogP) is 1.86. The second-order valence-electron chi connectivity index (χ2n) is 6.30. The molecule has 2 N–H and O–H groups in total. The van der Waals surface area contributed by atoms with Crippen molar-refractivity contribution in [2.45, 2.75) is 69.6 Å². The van der Waals surface area contributed by atoms with E-state index in [2.05, 4.69) is 12.2 Å². The van der Waals surface area contributed by atoms with E-state index in [1.807, 2.05) is 0 Å². The summed E-state index contributed by atoms with van der Waals surface area (Å²) >= 11 is 0. The van der Waals surface area contributed by atoms with Crippen LogP contribution >= 0.6 is 0 Å². The molecule has 2 fully saturated rings. The van der Waals surface area contributed by atoms with Gasteiger partial charge in [-0.25, -0.2) is 0 Å². The fraction of sp³-hybridized carbons (Fsp3) is 1.00. The summed E-state index contributed by atoms with van der Waals surface area (Å²) in [5, 5.41) is 13.0. The lowest BCUT2D eigenvalue weighted by Crippen LogP contribution is -2.46. The first-order valence-corrected chi connectivity index (χ1v) is 7.80. The van der Waals surface area contributed by atoms with Gasteiger partial charge in [0.1, 0.15) is 0 Å². The maximum atomic E-state index is 9.50. The molecule has 1 aliphatic carbocycles. The van der Waals surface area contributed by atoms with E-state index in [0.717, 1.165) is 45.5 Å². The molecule has 1 aliphatic heterocycles. The van der Waals surface area contributed by atoms with Crippen molar-refractivity contribution in [3.63, 3.8) is 0 Å². The molecular weight excluding hydrogens is 242 g/mol. The highest BCUT2D eigenvalue weighted by molar-refractivity contribution is 4.92. The van der Waals surface area contributed by atoms with Crippen molar-refractivity contribution in [1.82, 2.24) is 5.32 Å². The zero-order chi connectivity index (χ0) is 13.6. The summed E-state index contributed by atoms with van der Waals surface area (Å²) < 4.78 is 11.2. The number of hydrogen-bond acceptors (Lipinski definition) is 4. The van der Waals surface area contributed by atoms with E-state index < -0.39 is 0 Å². The van der Waals surface area contributed by atoms with Crippen LogP contribution in [0.1, 0.15) is 51.9 Å². The van der Waals surface area contributed by atoms with Crippen molar-refractivity contribution < 1.29 is 14.6 Å². The summed E-state index contributed by atoms with van der Waals surface area (Å²) in [6.07, 6.45) is 8.36. The molecule has 0 radical (unpaired) electrons. The molecular formula is C15H29NO3. The Kier molecular flexibility index (Phi) is 6.07. The number of ether oxygens (including phenoxy) is 2. The highest BCUT2D eigenvalue weighted by atomic mass is 16.5. The number of nitrogens with one attached hydrogen (secondary N) is 1. The highest BCUT2D eigenvalue weighted by Gasteiger charge is 2.31. The first kappa shape index (κ1) is 15.2. The first-order chi connectivity index (χ1) is 9.22. The van der Waals surface area contributed by atoms with Gasteiger partial charge in [-0.15, -0.1) is 0 Å². The predicted molar refractivity (Wildman–Crippen MR) is 75.3 cm³/mol. The standard InChI is InChI=1S/C15H29NO3/c1-15(12-17,16-13-6-7-13)8-2-3-9-18-11-14-5-4-10-19-14/h13-14,16-17H,2-12H2,1H3. The van der Waals surface area contributed by atoms with Gasteiger partial charge >= 0.3 is 0 Å². The van der Waals surface area contributed by atoms with E-state index in [9.17, 15) is 5.11 Å². The minimum Gasteiger partial charge on any atom is -0.394 e. The van der Waals surface area contributed by atoms with Crippen LogP contribution in [0.25, 0.3) is 0 Å². The van der Waals surface area contributed by atoms with Gasteiger partial charge in [-0.1, -0.05) is 0 Å². The van der Waals surface area contributed by atoms with E-state index in [1.54, 1.807) is 0 Å². The molecule has 0 amide bonds. The van der Waals surface area contributed by atoms with Crippen molar-refractivity contribution in [2.75, 3.05) is 26.4 Å². The quantitative estimate of drug-likeness (QED) is 0.595. The third kappa shape index (κ3) is 5.78. The van der Waals surface area contributed by atoms with Crippen LogP contribution in [0.5, 0.6) is 0 Å². The second-order valence-corrected chi connectivity index (χ2v) is 6.30. The fourth-order valence-electron chi connectivity index (χ4n) is 2.63. The first-order valence-electron chi connectivity index (χ1n) is 7.80. The largest absolute Gasteiger partial charge is 0.394 e. The van der Waals surface area contributed by atoms with Crippen LogP contribution < -0.4 is 5.32 Å². The molecule has 2 rings (SSSR count). The Labute approximate surface area is 116 Å². The summed E-state index contributed by atoms with van der Waals surface area (Å²) in [7, 11) is 0. The Bertz CT molecular complexity index is 252. The topological polar surface area (TPSA) is 50.7 Å². The van der Waals surface area contributed by atoms with Crippen LogP contribution in [0, 0.1) is 0 Å². The summed E-state index contributed by atoms with van der Waals surface area (Å²) in [4.78, 5) is 0. The zero-order valence-corrected chi connectivity index (χ0v) is 12.2. The average molecular weight is 271 g/mol. The van der Waals surface area contributed by atoms with Gasteiger partial charge < -0.3 is 19.9 Å². The third-order valence-electron chi connectivity index (χ3n) is 4.07. The Morgan fingerprint density at radius 1 is 1.32 bits per heavy atom. The second kappa shape index (κ2) is 7.58. The number of aliphatic hydroxyl groups excluding tert-OH is 1. The van der Waals surface area contributed by atoms with Gasteiger partial charge in [-0.2, -0.15) is 0 Å². The molecule has 1 heterocycles. The normalized spacial score (nSPS) is 26.5. The molecule has 2 unspecified atom stereocenters. The molecule has 1 saturated heterocycles. The molecule has 2 aliphatic rings. The summed E-state index contributed by atoms with van der Waals surface area (Å²) in [6.45, 7) is 4.80. The van der Waals surface area contributed by atoms with Crippen molar-refractivity contribution in [1.29, 1.82) is 0 Å². The van der Waals surface area contributed by atoms with E-state index in [1.165, 1.54) is 19.3 Å². The maximum Gasteiger partial charge on any atom is 0.0809 e. The van der Waals surface area contributed by atoms with Crippen molar-refractivity contribution in [3.8, 4) is 0 Å². The third-order valence-corrected chi connectivity index (χ3v) is 4.07. The highest BCUT2D eigenvalue weighted by Crippen LogP contribution is 2.24. The van der Waals surface area contributed by atoms with Crippen LogP contribution in [0.15, 0.2) is 0 Å². The van der Waals surface area contributed by atoms with Crippen molar-refractivity contribution in [3.05, 3.63) is 0 Å². The van der Waals surface area contributed by atoms with Gasteiger partial charge in [0.15, 0.2) is 0 Å². The molecule has 4 nitrogen and oxygen atoms in total. The van der Waals surface area contributed by atoms with Gasteiger partial charge in [0.05, 0.1) is 19.3 Å². The van der Waals surface area contributed by atoms with E-state index in [-0.39, 0.29) is 12.1 Å². The fourth-order valence-corrected chi connectivity index (χ4v) is 2.63. The molecule has 1 saturated carbocycles. The van der Waals surface area contributed by atoms with E-state index in [4.69, 9.17) is 9.47 Å². The van der Waals surface area contributed by atoms with Gasteiger partial charge in [0.2, 0.25) is 0 Å². The molecule has 0 aromatic heterocycles. The number of unbranched alkanes of at least 4 members (excludes halogenated alkanes) is 1. The molecule has 0 aromatic rings. The van der Waals surface area contributed by atoms with Crippen molar-refractivity contribution in [2.24, 2.45) is 0 Å². The maximum absolute atomic E-state index is 9.50. The van der Waals surface area contributed by atoms with Gasteiger partial charge in [-0.3, -0.25) is 0 Å². The summed E-state index contributed by atoms with van der Waals surface area (Å²) in [6, 6.07) is 0.646. The number of aliphatic hydroxyl groups is 1. The van der Waals surface area contributed by atoms with Crippen LogP contribution in [0.4, 0.5) is 0 Å². The minimum atomic E-state index is -0.101. The molecule has 2 atom stereocenters. The Balaban J connectivity index is 1.47. The number of rotatable bonds is 10. The molecule has 0 bridgehead atoms. The zero-order valence-electron chi connectivity index (χ0n) is 12.2. The molecule has 112 valence electrons. The lowest BCUT2D eigenvalue weighted by atomic mass is 9.95. The van der Waals surface area contributed by atoms with Crippen molar-refractivity contribution >= 4 is 0 Å². The summed E-state index contributed by atoms with van der Waals surface area (Å²) in [5.74, 6) is 0. The van der Waals surface area contributed by atoms with E-state index in [0.29, 0.717) is 12.1 Å². The van der Waals surface area contributed by atoms with E-state index >= 15 is 0 Å². The molecule has 19 heavy (non-hydrogen) atoms. The molecule has 0 aromatic carbocycles. The van der Waals surface area contributed by atoms with Crippen LogP contribution in [-0.4, -0.2) is 49.2 Å². The van der Waals surface area contributed by atoms with Crippen LogP contribution in [0.2, 0.25) is 0 Å². The minimum absolute atomic E-state index is 0.101. The lowest BCUT2D eigenvalue weighted by molar-refractivity contribution is 0.0155. The molecule has 0 spiro atoms. The van der Waals surface area contributed by atoms with Gasteiger partial charge in [-0.05, 0) is 51.9 Å². The summed E-state index contributed by atoms with van der Waals surface area (Å²) in [5.41, 5.74) is -0.101.